The maximum atomic E-state index is 12.8. The number of ether oxygens (including phenoxy) is 2. The highest BCUT2D eigenvalue weighted by Gasteiger charge is 2.26. The van der Waals surface area contributed by atoms with Gasteiger partial charge in [0.2, 0.25) is 0 Å². The third-order valence-corrected chi connectivity index (χ3v) is 4.87. The molecule has 2 aliphatic rings. The van der Waals surface area contributed by atoms with Gasteiger partial charge in [-0.1, -0.05) is 12.8 Å². The third-order valence-electron chi connectivity index (χ3n) is 4.87. The molecule has 0 unspecified atom stereocenters. The van der Waals surface area contributed by atoms with E-state index in [0.717, 1.165) is 56.0 Å². The summed E-state index contributed by atoms with van der Waals surface area (Å²) < 4.78 is 10.8. The van der Waals surface area contributed by atoms with E-state index >= 15 is 0 Å². The van der Waals surface area contributed by atoms with Gasteiger partial charge in [-0.15, -0.1) is 0 Å². The number of rotatable bonds is 2. The van der Waals surface area contributed by atoms with Crippen LogP contribution in [0.3, 0.4) is 0 Å². The number of nitrogens with zero attached hydrogens (tertiary/aromatic N) is 2. The summed E-state index contributed by atoms with van der Waals surface area (Å²) in [5.41, 5.74) is 2.42. The van der Waals surface area contributed by atoms with E-state index in [-0.39, 0.29) is 6.03 Å². The van der Waals surface area contributed by atoms with Gasteiger partial charge >= 0.3 is 6.03 Å². The summed E-state index contributed by atoms with van der Waals surface area (Å²) in [7, 11) is 3.30. The number of benzene rings is 1. The molecule has 0 atom stereocenters. The van der Waals surface area contributed by atoms with Crippen molar-refractivity contribution in [3.05, 3.63) is 23.3 Å². The van der Waals surface area contributed by atoms with Crippen LogP contribution in [0.25, 0.3) is 0 Å². The van der Waals surface area contributed by atoms with Crippen molar-refractivity contribution in [2.45, 2.75) is 38.6 Å². The van der Waals surface area contributed by atoms with E-state index in [9.17, 15) is 4.79 Å². The van der Waals surface area contributed by atoms with Crippen molar-refractivity contribution in [2.75, 3.05) is 33.9 Å². The van der Waals surface area contributed by atoms with E-state index < -0.39 is 0 Å². The molecule has 126 valence electrons. The van der Waals surface area contributed by atoms with Crippen LogP contribution in [0.15, 0.2) is 12.1 Å². The van der Waals surface area contributed by atoms with Gasteiger partial charge in [-0.2, -0.15) is 0 Å². The van der Waals surface area contributed by atoms with E-state index in [1.807, 2.05) is 21.9 Å². The molecule has 0 N–H and O–H groups in total. The van der Waals surface area contributed by atoms with Crippen LogP contribution in [-0.2, 0) is 13.0 Å². The summed E-state index contributed by atoms with van der Waals surface area (Å²) in [5, 5.41) is 0. The molecule has 0 aromatic heterocycles. The van der Waals surface area contributed by atoms with Crippen LogP contribution < -0.4 is 9.47 Å². The van der Waals surface area contributed by atoms with Crippen molar-refractivity contribution >= 4 is 6.03 Å². The summed E-state index contributed by atoms with van der Waals surface area (Å²) in [5.74, 6) is 1.49. The van der Waals surface area contributed by atoms with Gasteiger partial charge in [0.05, 0.1) is 14.2 Å². The number of hydrogen-bond acceptors (Lipinski definition) is 3. The first-order chi connectivity index (χ1) is 11.2. The molecular formula is C18H26N2O3. The monoisotopic (exact) mass is 318 g/mol. The molecule has 5 nitrogen and oxygen atoms in total. The molecule has 2 amide bonds. The number of amides is 2. The topological polar surface area (TPSA) is 42.0 Å². The number of hydrogen-bond donors (Lipinski definition) is 0. The smallest absolute Gasteiger partial charge is 0.320 e. The van der Waals surface area contributed by atoms with Gasteiger partial charge < -0.3 is 19.3 Å². The first-order valence-corrected chi connectivity index (χ1v) is 8.50. The Morgan fingerprint density at radius 1 is 0.870 bits per heavy atom. The van der Waals surface area contributed by atoms with Crippen LogP contribution >= 0.6 is 0 Å². The third kappa shape index (κ3) is 3.38. The zero-order valence-electron chi connectivity index (χ0n) is 14.1. The summed E-state index contributed by atoms with van der Waals surface area (Å²) >= 11 is 0. The summed E-state index contributed by atoms with van der Waals surface area (Å²) in [6.45, 7) is 3.23. The highest BCUT2D eigenvalue weighted by Crippen LogP contribution is 2.33. The number of methoxy groups -OCH3 is 2. The van der Waals surface area contributed by atoms with Gasteiger partial charge in [-0.05, 0) is 42.5 Å². The van der Waals surface area contributed by atoms with Gasteiger partial charge in [0.15, 0.2) is 11.5 Å². The molecule has 2 heterocycles. The number of fused-ring (bicyclic) bond motifs is 1. The quantitative estimate of drug-likeness (QED) is 0.841. The molecule has 3 rings (SSSR count). The predicted molar refractivity (Wildman–Crippen MR) is 89.1 cm³/mol. The maximum Gasteiger partial charge on any atom is 0.320 e. The first kappa shape index (κ1) is 16.0. The lowest BCUT2D eigenvalue weighted by atomic mass is 9.99. The standard InChI is InChI=1S/C18H26N2O3/c1-22-16-11-14-7-10-20(13-15(14)12-17(16)23-2)18(21)19-8-5-3-4-6-9-19/h11-12H,3-10,13H2,1-2H3. The van der Waals surface area contributed by atoms with Crippen molar-refractivity contribution in [3.63, 3.8) is 0 Å². The highest BCUT2D eigenvalue weighted by atomic mass is 16.5. The molecule has 2 aliphatic heterocycles. The summed E-state index contributed by atoms with van der Waals surface area (Å²) in [6, 6.07) is 4.24. The molecule has 0 saturated carbocycles. The predicted octanol–water partition coefficient (Wildman–Crippen LogP) is 3.06. The average Bonchev–Trinajstić information content (AvgIpc) is 2.88. The van der Waals surface area contributed by atoms with Crippen molar-refractivity contribution in [1.29, 1.82) is 0 Å². The summed E-state index contributed by atoms with van der Waals surface area (Å²) in [6.07, 6.45) is 5.60. The van der Waals surface area contributed by atoms with E-state index in [4.69, 9.17) is 9.47 Å². The molecule has 1 aromatic rings. The van der Waals surface area contributed by atoms with Gasteiger partial charge in [-0.25, -0.2) is 4.79 Å². The van der Waals surface area contributed by atoms with Gasteiger partial charge in [-0.3, -0.25) is 0 Å². The maximum absolute atomic E-state index is 12.8. The van der Waals surface area contributed by atoms with Crippen LogP contribution in [0, 0.1) is 0 Å². The molecule has 0 bridgehead atoms. The van der Waals surface area contributed by atoms with Crippen molar-refractivity contribution in [2.24, 2.45) is 0 Å². The average molecular weight is 318 g/mol. The van der Waals surface area contributed by atoms with E-state index in [0.29, 0.717) is 6.54 Å². The minimum absolute atomic E-state index is 0.187. The number of urea groups is 1. The molecular weight excluding hydrogens is 292 g/mol. The molecule has 1 saturated heterocycles. The second-order valence-corrected chi connectivity index (χ2v) is 6.33. The fourth-order valence-electron chi connectivity index (χ4n) is 3.51. The number of carbonyl (C=O) groups excluding carboxylic acids is 1. The number of likely N-dealkylation sites (tertiary alicyclic amines) is 1. The lowest BCUT2D eigenvalue weighted by Gasteiger charge is -2.34. The second kappa shape index (κ2) is 7.11. The second-order valence-electron chi connectivity index (χ2n) is 6.33. The SMILES string of the molecule is COc1cc2c(cc1OC)CN(C(=O)N1CCCCCC1)CC2. The van der Waals surface area contributed by atoms with Crippen LogP contribution in [0.2, 0.25) is 0 Å². The molecule has 23 heavy (non-hydrogen) atoms. The van der Waals surface area contributed by atoms with E-state index in [1.54, 1.807) is 14.2 Å². The largest absolute Gasteiger partial charge is 0.493 e. The van der Waals surface area contributed by atoms with Crippen molar-refractivity contribution in [1.82, 2.24) is 9.80 Å². The Labute approximate surface area is 138 Å². The van der Waals surface area contributed by atoms with E-state index in [2.05, 4.69) is 0 Å². The minimum Gasteiger partial charge on any atom is -0.493 e. The van der Waals surface area contributed by atoms with Gasteiger partial charge in [0.1, 0.15) is 0 Å². The zero-order chi connectivity index (χ0) is 16.2. The Balaban J connectivity index is 1.75. The Morgan fingerprint density at radius 2 is 1.48 bits per heavy atom. The Bertz CT molecular complexity index is 566. The Kier molecular flexibility index (Phi) is 4.94. The molecule has 0 spiro atoms. The number of carbonyl (C=O) groups is 1. The van der Waals surface area contributed by atoms with Crippen molar-refractivity contribution < 1.29 is 14.3 Å². The lowest BCUT2D eigenvalue weighted by Crippen LogP contribution is -2.45. The highest BCUT2D eigenvalue weighted by molar-refractivity contribution is 5.75. The van der Waals surface area contributed by atoms with Crippen LogP contribution in [0.4, 0.5) is 4.79 Å². The van der Waals surface area contributed by atoms with Crippen LogP contribution in [-0.4, -0.2) is 49.7 Å². The molecule has 0 radical (unpaired) electrons. The normalized spacial score (nSPS) is 18.2. The minimum atomic E-state index is 0.187. The lowest BCUT2D eigenvalue weighted by molar-refractivity contribution is 0.149. The van der Waals surface area contributed by atoms with E-state index in [1.165, 1.54) is 18.4 Å². The van der Waals surface area contributed by atoms with Gasteiger partial charge in [0.25, 0.3) is 0 Å². The molecule has 1 fully saturated rings. The summed E-state index contributed by atoms with van der Waals surface area (Å²) in [4.78, 5) is 16.8. The molecule has 5 heteroatoms. The van der Waals surface area contributed by atoms with Crippen LogP contribution in [0.1, 0.15) is 36.8 Å². The zero-order valence-corrected chi connectivity index (χ0v) is 14.1. The fraction of sp³-hybridized carbons (Fsp3) is 0.611. The molecule has 1 aromatic carbocycles. The van der Waals surface area contributed by atoms with Crippen LogP contribution in [0.5, 0.6) is 11.5 Å². The van der Waals surface area contributed by atoms with Gasteiger partial charge in [0, 0.05) is 26.2 Å². The fourth-order valence-corrected chi connectivity index (χ4v) is 3.51. The molecule has 0 aliphatic carbocycles. The Hall–Kier alpha value is -1.91. The first-order valence-electron chi connectivity index (χ1n) is 8.50. The Morgan fingerprint density at radius 3 is 2.09 bits per heavy atom. The van der Waals surface area contributed by atoms with Crippen molar-refractivity contribution in [3.8, 4) is 11.5 Å².